The Bertz CT molecular complexity index is 905. The lowest BCUT2D eigenvalue weighted by molar-refractivity contribution is -0.386. The van der Waals surface area contributed by atoms with Gasteiger partial charge in [-0.15, -0.1) is 0 Å². The number of hydrogen-bond donors (Lipinski definition) is 1. The van der Waals surface area contributed by atoms with Crippen molar-refractivity contribution in [1.82, 2.24) is 0 Å². The van der Waals surface area contributed by atoms with Crippen molar-refractivity contribution in [2.24, 2.45) is 0 Å². The average molecular weight is 375 g/mol. The second kappa shape index (κ2) is 7.33. The smallest absolute Gasteiger partial charge is 0.311 e. The summed E-state index contributed by atoms with van der Waals surface area (Å²) < 4.78 is 23.7. The number of anilines is 3. The highest BCUT2D eigenvalue weighted by molar-refractivity contribution is 7.90. The lowest BCUT2D eigenvalue weighted by Crippen LogP contribution is -2.29. The third-order valence-corrected chi connectivity index (χ3v) is 5.58. The molecule has 1 saturated heterocycles. The molecule has 0 aromatic heterocycles. The Morgan fingerprint density at radius 1 is 1.04 bits per heavy atom. The van der Waals surface area contributed by atoms with Gasteiger partial charge in [0.2, 0.25) is 0 Å². The quantitative estimate of drug-likeness (QED) is 0.632. The van der Waals surface area contributed by atoms with Crippen molar-refractivity contribution in [2.75, 3.05) is 29.6 Å². The maximum atomic E-state index is 11.8. The molecule has 0 amide bonds. The molecule has 2 aromatic carbocycles. The van der Waals surface area contributed by atoms with E-state index in [1.807, 2.05) is 24.3 Å². The fourth-order valence-electron chi connectivity index (χ4n) is 3.17. The molecule has 2 aromatic rings. The number of sulfone groups is 1. The monoisotopic (exact) mass is 375 g/mol. The van der Waals surface area contributed by atoms with Gasteiger partial charge in [-0.3, -0.25) is 10.1 Å². The lowest BCUT2D eigenvalue weighted by Gasteiger charge is -2.28. The molecule has 0 saturated carbocycles. The zero-order chi connectivity index (χ0) is 18.7. The van der Waals surface area contributed by atoms with E-state index in [2.05, 4.69) is 10.2 Å². The number of hydrogen-bond acceptors (Lipinski definition) is 6. The SMILES string of the molecule is CS(=O)(=O)c1cccc(Nc2ccc(N3CCCCC3)cc2)c1[N+](=O)[O-]. The Kier molecular flexibility index (Phi) is 5.13. The van der Waals surface area contributed by atoms with E-state index in [0.717, 1.165) is 25.0 Å². The Hall–Kier alpha value is -2.61. The summed E-state index contributed by atoms with van der Waals surface area (Å²) in [7, 11) is -3.70. The van der Waals surface area contributed by atoms with E-state index in [4.69, 9.17) is 0 Å². The van der Waals surface area contributed by atoms with Crippen LogP contribution in [0.1, 0.15) is 19.3 Å². The highest BCUT2D eigenvalue weighted by atomic mass is 32.2. The van der Waals surface area contributed by atoms with Gasteiger partial charge in [0, 0.05) is 30.7 Å². The number of nitro benzene ring substituents is 1. The van der Waals surface area contributed by atoms with Crippen LogP contribution in [-0.2, 0) is 9.84 Å². The molecule has 0 aliphatic carbocycles. The number of para-hydroxylation sites is 1. The Morgan fingerprint density at radius 2 is 1.69 bits per heavy atom. The first-order valence-electron chi connectivity index (χ1n) is 8.46. The highest BCUT2D eigenvalue weighted by Gasteiger charge is 2.26. The first-order chi connectivity index (χ1) is 12.4. The summed E-state index contributed by atoms with van der Waals surface area (Å²) in [5.74, 6) is 0. The van der Waals surface area contributed by atoms with E-state index in [-0.39, 0.29) is 10.6 Å². The average Bonchev–Trinajstić information content (AvgIpc) is 2.62. The maximum Gasteiger partial charge on any atom is 0.311 e. The Morgan fingerprint density at radius 3 is 2.27 bits per heavy atom. The molecule has 0 atom stereocenters. The van der Waals surface area contributed by atoms with Crippen LogP contribution in [0.25, 0.3) is 0 Å². The molecule has 7 nitrogen and oxygen atoms in total. The van der Waals surface area contributed by atoms with Gasteiger partial charge < -0.3 is 10.2 Å². The molecule has 0 spiro atoms. The Labute approximate surface area is 152 Å². The van der Waals surface area contributed by atoms with Crippen molar-refractivity contribution in [1.29, 1.82) is 0 Å². The summed E-state index contributed by atoms with van der Waals surface area (Å²) in [6.45, 7) is 2.07. The number of nitro groups is 1. The topological polar surface area (TPSA) is 92.6 Å². The van der Waals surface area contributed by atoms with E-state index in [1.165, 1.54) is 37.5 Å². The van der Waals surface area contributed by atoms with Crippen molar-refractivity contribution >= 4 is 32.6 Å². The number of piperidine rings is 1. The summed E-state index contributed by atoms with van der Waals surface area (Å²) in [4.78, 5) is 12.8. The van der Waals surface area contributed by atoms with Gasteiger partial charge in [-0.25, -0.2) is 8.42 Å². The predicted octanol–water partition coefficient (Wildman–Crippen LogP) is 3.73. The molecular weight excluding hydrogens is 354 g/mol. The summed E-state index contributed by atoms with van der Waals surface area (Å²) >= 11 is 0. The number of rotatable bonds is 5. The molecule has 138 valence electrons. The molecule has 1 aliphatic heterocycles. The third-order valence-electron chi connectivity index (χ3n) is 4.45. The number of nitrogens with one attached hydrogen (secondary N) is 1. The van der Waals surface area contributed by atoms with Crippen LogP contribution in [0.5, 0.6) is 0 Å². The summed E-state index contributed by atoms with van der Waals surface area (Å²) in [5.41, 5.74) is 1.51. The van der Waals surface area contributed by atoms with Crippen LogP contribution in [0, 0.1) is 10.1 Å². The highest BCUT2D eigenvalue weighted by Crippen LogP contribution is 2.34. The van der Waals surface area contributed by atoms with Gasteiger partial charge in [0.25, 0.3) is 0 Å². The minimum Gasteiger partial charge on any atom is -0.372 e. The van der Waals surface area contributed by atoms with E-state index in [1.54, 1.807) is 0 Å². The lowest BCUT2D eigenvalue weighted by atomic mass is 10.1. The van der Waals surface area contributed by atoms with E-state index in [9.17, 15) is 18.5 Å². The number of nitrogens with zero attached hydrogens (tertiary/aromatic N) is 2. The molecule has 0 unspecified atom stereocenters. The van der Waals surface area contributed by atoms with Gasteiger partial charge in [0.15, 0.2) is 9.84 Å². The van der Waals surface area contributed by atoms with Crippen LogP contribution in [0.3, 0.4) is 0 Å². The summed E-state index contributed by atoms with van der Waals surface area (Å²) in [5, 5.41) is 14.4. The van der Waals surface area contributed by atoms with Crippen molar-refractivity contribution < 1.29 is 13.3 Å². The van der Waals surface area contributed by atoms with Crippen LogP contribution in [0.4, 0.5) is 22.7 Å². The first-order valence-corrected chi connectivity index (χ1v) is 10.3. The van der Waals surface area contributed by atoms with Crippen molar-refractivity contribution in [3.05, 3.63) is 52.6 Å². The van der Waals surface area contributed by atoms with Crippen LogP contribution in [-0.4, -0.2) is 32.7 Å². The molecule has 3 rings (SSSR count). The molecule has 8 heteroatoms. The van der Waals surface area contributed by atoms with Gasteiger partial charge >= 0.3 is 5.69 Å². The summed E-state index contributed by atoms with van der Waals surface area (Å²) in [6.07, 6.45) is 4.60. The van der Waals surface area contributed by atoms with Crippen LogP contribution < -0.4 is 10.2 Å². The number of benzene rings is 2. The van der Waals surface area contributed by atoms with Gasteiger partial charge in [-0.1, -0.05) is 6.07 Å². The van der Waals surface area contributed by atoms with E-state index >= 15 is 0 Å². The molecule has 0 radical (unpaired) electrons. The van der Waals surface area contributed by atoms with Crippen LogP contribution >= 0.6 is 0 Å². The molecule has 1 fully saturated rings. The zero-order valence-electron chi connectivity index (χ0n) is 14.5. The van der Waals surface area contributed by atoms with Crippen molar-refractivity contribution in [3.63, 3.8) is 0 Å². The van der Waals surface area contributed by atoms with Crippen LogP contribution in [0.2, 0.25) is 0 Å². The minimum absolute atomic E-state index is 0.156. The van der Waals surface area contributed by atoms with Gasteiger partial charge in [-0.05, 0) is 55.7 Å². The fourth-order valence-corrected chi connectivity index (χ4v) is 4.04. The predicted molar refractivity (Wildman–Crippen MR) is 102 cm³/mol. The molecule has 1 aliphatic rings. The van der Waals surface area contributed by atoms with Crippen LogP contribution in [0.15, 0.2) is 47.4 Å². The molecular formula is C18H21N3O4S. The van der Waals surface area contributed by atoms with Gasteiger partial charge in [0.05, 0.1) is 4.92 Å². The van der Waals surface area contributed by atoms with Crippen molar-refractivity contribution in [2.45, 2.75) is 24.2 Å². The third kappa shape index (κ3) is 3.96. The summed E-state index contributed by atoms with van der Waals surface area (Å²) in [6, 6.07) is 11.9. The van der Waals surface area contributed by atoms with Gasteiger partial charge in [0.1, 0.15) is 10.6 Å². The van der Waals surface area contributed by atoms with Crippen molar-refractivity contribution in [3.8, 4) is 0 Å². The zero-order valence-corrected chi connectivity index (χ0v) is 15.3. The second-order valence-corrected chi connectivity index (χ2v) is 8.39. The first kappa shape index (κ1) is 18.2. The maximum absolute atomic E-state index is 11.8. The minimum atomic E-state index is -3.70. The molecule has 0 bridgehead atoms. The molecule has 26 heavy (non-hydrogen) atoms. The molecule has 1 heterocycles. The second-order valence-electron chi connectivity index (χ2n) is 6.40. The standard InChI is InChI=1S/C18H21N3O4S/c1-26(24,25)17-7-5-6-16(18(17)21(22)23)19-14-8-10-15(11-9-14)20-12-3-2-4-13-20/h5-11,19H,2-4,12-13H2,1H3. The van der Waals surface area contributed by atoms with E-state index in [0.29, 0.717) is 5.69 Å². The Balaban J connectivity index is 1.88. The molecule has 1 N–H and O–H groups in total. The van der Waals surface area contributed by atoms with E-state index < -0.39 is 20.4 Å². The fraction of sp³-hybridized carbons (Fsp3) is 0.333. The largest absolute Gasteiger partial charge is 0.372 e. The van der Waals surface area contributed by atoms with Gasteiger partial charge in [-0.2, -0.15) is 0 Å². The normalized spacial score (nSPS) is 14.9.